The number of aromatic nitrogens is 2. The van der Waals surface area contributed by atoms with Crippen LogP contribution in [0, 0.1) is 10.4 Å². The van der Waals surface area contributed by atoms with Gasteiger partial charge in [-0.2, -0.15) is 5.10 Å². The fourth-order valence-corrected chi connectivity index (χ4v) is 6.77. The van der Waals surface area contributed by atoms with Crippen molar-refractivity contribution in [1.82, 2.24) is 15.4 Å². The predicted molar refractivity (Wildman–Crippen MR) is 168 cm³/mol. The molecule has 1 spiro atoms. The van der Waals surface area contributed by atoms with Crippen LogP contribution in [0.4, 0.5) is 0 Å². The van der Waals surface area contributed by atoms with Crippen LogP contribution in [0.15, 0.2) is 65.7 Å². The van der Waals surface area contributed by atoms with E-state index in [1.807, 2.05) is 0 Å². The summed E-state index contributed by atoms with van der Waals surface area (Å²) in [5.74, 6) is -3.32. The maximum absolute atomic E-state index is 13.6. The third-order valence-corrected chi connectivity index (χ3v) is 8.82. The molecule has 15 heteroatoms. The molecule has 234 valence electrons. The second-order valence-electron chi connectivity index (χ2n) is 11.0. The second kappa shape index (κ2) is 10.2. The number of benzene rings is 1. The normalized spacial score (nSPS) is 16.8. The van der Waals surface area contributed by atoms with Crippen molar-refractivity contribution in [2.45, 2.75) is 18.3 Å². The van der Waals surface area contributed by atoms with E-state index in [4.69, 9.17) is 16.3 Å². The molecule has 0 fully saturated rings. The van der Waals surface area contributed by atoms with E-state index in [9.17, 15) is 44.1 Å². The predicted octanol–water partition coefficient (Wildman–Crippen LogP) is -0.674. The maximum Gasteiger partial charge on any atom is 0.272 e. The first kappa shape index (κ1) is 29.6. The van der Waals surface area contributed by atoms with Crippen LogP contribution >= 0.6 is 11.6 Å². The lowest BCUT2D eigenvalue weighted by molar-refractivity contribution is 0.0954. The molecule has 3 aromatic rings. The molecule has 0 saturated heterocycles. The summed E-state index contributed by atoms with van der Waals surface area (Å²) in [6.07, 6.45) is 3.77. The van der Waals surface area contributed by atoms with Gasteiger partial charge in [0.15, 0.2) is 11.2 Å². The number of methoxy groups -OCH3 is 1. The number of hydrogen-bond donors (Lipinski definition) is 5. The van der Waals surface area contributed by atoms with E-state index >= 15 is 0 Å². The Labute approximate surface area is 264 Å². The van der Waals surface area contributed by atoms with Crippen molar-refractivity contribution >= 4 is 46.0 Å². The summed E-state index contributed by atoms with van der Waals surface area (Å²) in [6, 6.07) is 5.15. The average molecular weight is 655 g/mol. The molecular formula is C32H19ClN4O10. The molecule has 2 heterocycles. The number of fused-ring (bicyclic) bond motifs is 4. The van der Waals surface area contributed by atoms with Crippen molar-refractivity contribution < 1.29 is 24.9 Å². The molecule has 0 bridgehead atoms. The molecule has 0 aliphatic heterocycles. The highest BCUT2D eigenvalue weighted by Crippen LogP contribution is 2.54. The number of phenols is 1. The molecule has 0 saturated carbocycles. The van der Waals surface area contributed by atoms with Crippen molar-refractivity contribution in [3.63, 3.8) is 0 Å². The molecule has 4 aliphatic carbocycles. The van der Waals surface area contributed by atoms with Gasteiger partial charge in [-0.1, -0.05) is 17.7 Å². The minimum absolute atomic E-state index is 0.107. The number of nitrogens with one attached hydrogen (secondary N) is 2. The number of phenolic OH excluding ortho intramolecular Hbond substituents is 1. The fourth-order valence-electron chi connectivity index (χ4n) is 6.60. The summed E-state index contributed by atoms with van der Waals surface area (Å²) in [5.41, 5.74) is -4.31. The van der Waals surface area contributed by atoms with Gasteiger partial charge in [0.1, 0.15) is 22.7 Å². The van der Waals surface area contributed by atoms with Gasteiger partial charge >= 0.3 is 0 Å². The number of hydrazone groups is 1. The van der Waals surface area contributed by atoms with Gasteiger partial charge in [-0.15, -0.1) is 0 Å². The van der Waals surface area contributed by atoms with Gasteiger partial charge in [-0.05, 0) is 35.9 Å². The molecule has 2 aromatic heterocycles. The number of aryl methyl sites for hydroxylation is 1. The van der Waals surface area contributed by atoms with E-state index in [0.29, 0.717) is 5.56 Å². The van der Waals surface area contributed by atoms with Crippen LogP contribution in [-0.4, -0.2) is 44.5 Å². The van der Waals surface area contributed by atoms with E-state index in [0.717, 1.165) is 19.4 Å². The van der Waals surface area contributed by atoms with Crippen LogP contribution in [0.1, 0.15) is 33.6 Å². The number of ether oxygens (including phenoxy) is 1. The highest BCUT2D eigenvalue weighted by molar-refractivity contribution is 6.30. The minimum Gasteiger partial charge on any atom is -0.510 e. The lowest BCUT2D eigenvalue weighted by atomic mass is 9.78. The third-order valence-electron chi connectivity index (χ3n) is 8.61. The molecule has 1 amide bonds. The summed E-state index contributed by atoms with van der Waals surface area (Å²) in [4.78, 5) is 84.9. The molecule has 47 heavy (non-hydrogen) atoms. The molecule has 5 N–H and O–H groups in total. The van der Waals surface area contributed by atoms with E-state index in [1.165, 1.54) is 30.6 Å². The quantitative estimate of drug-likeness (QED) is 0.121. The summed E-state index contributed by atoms with van der Waals surface area (Å²) < 4.78 is 4.89. The molecule has 7 rings (SSSR count). The molecule has 4 aliphatic rings. The topological polar surface area (TPSA) is 225 Å². The number of aromatic amines is 1. The Morgan fingerprint density at radius 2 is 1.68 bits per heavy atom. The Morgan fingerprint density at radius 3 is 2.36 bits per heavy atom. The first-order valence-corrected chi connectivity index (χ1v) is 14.2. The number of nitrogens with zero attached hydrogens (tertiary/aromatic N) is 2. The van der Waals surface area contributed by atoms with Gasteiger partial charge in [0.05, 0.1) is 55.9 Å². The van der Waals surface area contributed by atoms with Gasteiger partial charge in [0.25, 0.3) is 11.5 Å². The number of hydrogen-bond acceptors (Lipinski definition) is 12. The van der Waals surface area contributed by atoms with Crippen molar-refractivity contribution in [2.24, 2.45) is 5.10 Å². The van der Waals surface area contributed by atoms with Crippen molar-refractivity contribution in [3.8, 4) is 11.5 Å². The number of carbonyl (C=O) groups is 1. The molecule has 0 radical (unpaired) electrons. The summed E-state index contributed by atoms with van der Waals surface area (Å²) in [7, 11) is 1.11. The number of aliphatic hydroxyl groups is 2. The van der Waals surface area contributed by atoms with Gasteiger partial charge in [0.2, 0.25) is 16.3 Å². The third kappa shape index (κ3) is 3.97. The summed E-state index contributed by atoms with van der Waals surface area (Å²) in [6.45, 7) is 0. The number of aromatic hydroxyl groups is 1. The monoisotopic (exact) mass is 654 g/mol. The fraction of sp³-hybridized carbons (Fsp3) is 0.125. The highest BCUT2D eigenvalue weighted by atomic mass is 35.5. The molecule has 1 aromatic carbocycles. The van der Waals surface area contributed by atoms with Crippen LogP contribution in [0.5, 0.6) is 11.5 Å². The number of aliphatic hydroxyl groups excluding tert-OH is 2. The lowest BCUT2D eigenvalue weighted by Crippen LogP contribution is -2.51. The Balaban J connectivity index is 1.39. The Morgan fingerprint density at radius 1 is 0.979 bits per heavy atom. The van der Waals surface area contributed by atoms with Crippen LogP contribution in [0.3, 0.4) is 0 Å². The lowest BCUT2D eigenvalue weighted by Gasteiger charge is -2.27. The Hall–Kier alpha value is -6.15. The van der Waals surface area contributed by atoms with Crippen LogP contribution < -0.4 is 47.9 Å². The second-order valence-corrected chi connectivity index (χ2v) is 11.5. The zero-order valence-corrected chi connectivity index (χ0v) is 24.7. The standard InChI is InChI=1S/C32H19ClN4O10/c1-47-17-7-16(38)19-20(24(17)39)26(41)22-21(25(19)40)28(43)32(29(22)44)3-2-11-4-12-6-15(36-31(46)18(12)27(42)23(11)32)10-35-37-30(45)13-5-14(33)9-34-8-13/h4-10,42-44H,2-3H2,1H3,(H,36,46)(H,37,45)/b35-10+/t32-/m0/s1. The average Bonchev–Trinajstić information content (AvgIpc) is 3.52. The zero-order chi connectivity index (χ0) is 33.5. The Bertz CT molecular complexity index is 2790. The minimum atomic E-state index is -2.02. The SMILES string of the molecule is COc1cc(=O)c2c(=O)c3c(c(=O)c=2c1=O)=C(O)[C@]1(CCc2cc4cc(/C=N/NC(=O)c5cncc(Cl)c5)[nH]c(=O)c4c(O)c21)C=3O. The van der Waals surface area contributed by atoms with Crippen LogP contribution in [0.25, 0.3) is 22.3 Å². The van der Waals surface area contributed by atoms with Crippen molar-refractivity contribution in [2.75, 3.05) is 7.11 Å². The van der Waals surface area contributed by atoms with Gasteiger partial charge in [0, 0.05) is 24.0 Å². The van der Waals surface area contributed by atoms with Crippen molar-refractivity contribution in [1.29, 1.82) is 0 Å². The van der Waals surface area contributed by atoms with Crippen LogP contribution in [0.2, 0.25) is 5.02 Å². The number of halogens is 1. The van der Waals surface area contributed by atoms with Gasteiger partial charge in [-0.25, -0.2) is 5.43 Å². The van der Waals surface area contributed by atoms with E-state index in [2.05, 4.69) is 20.5 Å². The number of amides is 1. The molecular weight excluding hydrogens is 636 g/mol. The number of carbonyl (C=O) groups excluding carboxylic acids is 1. The van der Waals surface area contributed by atoms with E-state index in [1.54, 1.807) is 0 Å². The van der Waals surface area contributed by atoms with E-state index < -0.39 is 82.5 Å². The Kier molecular flexibility index (Phi) is 6.40. The van der Waals surface area contributed by atoms with Gasteiger partial charge in [-0.3, -0.25) is 33.8 Å². The number of pyridine rings is 2. The highest BCUT2D eigenvalue weighted by Gasteiger charge is 2.53. The number of rotatable bonds is 4. The largest absolute Gasteiger partial charge is 0.510 e. The smallest absolute Gasteiger partial charge is 0.272 e. The zero-order valence-electron chi connectivity index (χ0n) is 23.9. The summed E-state index contributed by atoms with van der Waals surface area (Å²) >= 11 is 5.86. The molecule has 14 nitrogen and oxygen atoms in total. The van der Waals surface area contributed by atoms with Crippen LogP contribution in [-0.2, 0) is 11.8 Å². The van der Waals surface area contributed by atoms with Crippen molar-refractivity contribution in [3.05, 3.63) is 136 Å². The molecule has 1 atom stereocenters. The molecule has 0 unspecified atom stereocenters. The first-order chi connectivity index (χ1) is 22.4. The summed E-state index contributed by atoms with van der Waals surface area (Å²) in [5, 5.41) is 35.8. The van der Waals surface area contributed by atoms with E-state index in [-0.39, 0.29) is 45.5 Å². The maximum atomic E-state index is 13.6. The number of H-pyrrole nitrogens is 1. The van der Waals surface area contributed by atoms with Gasteiger partial charge < -0.3 is 25.0 Å². The first-order valence-electron chi connectivity index (χ1n) is 13.8.